The molecule has 52 valence electrons. The Morgan fingerprint density at radius 3 is 2.56 bits per heavy atom. The van der Waals surface area contributed by atoms with Gasteiger partial charge < -0.3 is 4.74 Å². The number of ether oxygens (including phenoxy) is 1. The van der Waals surface area contributed by atoms with Crippen molar-refractivity contribution in [2.24, 2.45) is 5.92 Å². The van der Waals surface area contributed by atoms with Crippen molar-refractivity contribution in [1.82, 2.24) is 0 Å². The molecule has 0 N–H and O–H groups in total. The molecule has 0 saturated carbocycles. The average molecular weight is 126 g/mol. The van der Waals surface area contributed by atoms with Gasteiger partial charge >= 0.3 is 0 Å². The van der Waals surface area contributed by atoms with Crippen LogP contribution < -0.4 is 0 Å². The molecular weight excluding hydrogens is 112 g/mol. The summed E-state index contributed by atoms with van der Waals surface area (Å²) in [5.74, 6) is 1.21. The van der Waals surface area contributed by atoms with Crippen molar-refractivity contribution < 1.29 is 4.74 Å². The van der Waals surface area contributed by atoms with Gasteiger partial charge in [0.05, 0.1) is 6.61 Å². The minimum absolute atomic E-state index is 0.557. The van der Waals surface area contributed by atoms with Crippen LogP contribution in [0.15, 0.2) is 25.0 Å². The minimum atomic E-state index is 0.557. The molecule has 0 aromatic heterocycles. The third-order valence-corrected chi connectivity index (χ3v) is 0.830. The van der Waals surface area contributed by atoms with Gasteiger partial charge in [-0.15, -0.1) is 0 Å². The summed E-state index contributed by atoms with van der Waals surface area (Å²) in [4.78, 5) is 0. The van der Waals surface area contributed by atoms with Gasteiger partial charge in [0.2, 0.25) is 0 Å². The van der Waals surface area contributed by atoms with Crippen LogP contribution in [0.4, 0.5) is 0 Å². The summed E-state index contributed by atoms with van der Waals surface area (Å²) in [6.07, 6.45) is 1.61. The van der Waals surface area contributed by atoms with Crippen molar-refractivity contribution in [3.8, 4) is 0 Å². The molecule has 0 aliphatic carbocycles. The Hall–Kier alpha value is -0.720. The molecule has 0 atom stereocenters. The van der Waals surface area contributed by atoms with Crippen LogP contribution in [-0.4, -0.2) is 6.61 Å². The lowest BCUT2D eigenvalue weighted by atomic mass is 10.2. The van der Waals surface area contributed by atoms with Crippen LogP contribution in [0, 0.1) is 5.92 Å². The Morgan fingerprint density at radius 2 is 2.22 bits per heavy atom. The highest BCUT2D eigenvalue weighted by Gasteiger charge is 1.92. The summed E-state index contributed by atoms with van der Waals surface area (Å²) in [6.45, 7) is 12.0. The van der Waals surface area contributed by atoms with Gasteiger partial charge in [0.15, 0.2) is 0 Å². The summed E-state index contributed by atoms with van der Waals surface area (Å²) in [7, 11) is 0. The molecule has 0 radical (unpaired) electrons. The molecule has 0 unspecified atom stereocenters. The monoisotopic (exact) mass is 126 g/mol. The maximum absolute atomic E-state index is 5.14. The molecule has 1 heteroatoms. The van der Waals surface area contributed by atoms with Gasteiger partial charge in [-0.2, -0.15) is 0 Å². The van der Waals surface area contributed by atoms with Gasteiger partial charge in [-0.3, -0.25) is 0 Å². The molecule has 1 nitrogen and oxygen atoms in total. The van der Waals surface area contributed by atoms with Crippen molar-refractivity contribution in [3.63, 3.8) is 0 Å². The van der Waals surface area contributed by atoms with Crippen LogP contribution in [-0.2, 0) is 4.74 Å². The Kier molecular flexibility index (Phi) is 3.85. The summed E-state index contributed by atoms with van der Waals surface area (Å²) in [6, 6.07) is 0. The van der Waals surface area contributed by atoms with Crippen LogP contribution >= 0.6 is 0 Å². The first-order valence-electron chi connectivity index (χ1n) is 3.11. The summed E-state index contributed by atoms with van der Waals surface area (Å²) in [5, 5.41) is 0. The second-order valence-electron chi connectivity index (χ2n) is 2.38. The van der Waals surface area contributed by atoms with E-state index in [2.05, 4.69) is 27.0 Å². The third-order valence-electron chi connectivity index (χ3n) is 0.830. The number of hydrogen-bond acceptors (Lipinski definition) is 1. The fourth-order valence-corrected chi connectivity index (χ4v) is 0.333. The number of allylic oxidation sites excluding steroid dienone is 1. The minimum Gasteiger partial charge on any atom is -0.494 e. The Morgan fingerprint density at radius 1 is 1.67 bits per heavy atom. The quantitative estimate of drug-likeness (QED) is 0.415. The van der Waals surface area contributed by atoms with E-state index >= 15 is 0 Å². The van der Waals surface area contributed by atoms with E-state index in [0.29, 0.717) is 11.7 Å². The topological polar surface area (TPSA) is 9.23 Å². The first kappa shape index (κ1) is 8.28. The molecule has 0 aromatic rings. The summed E-state index contributed by atoms with van der Waals surface area (Å²) < 4.78 is 5.14. The van der Waals surface area contributed by atoms with Gasteiger partial charge in [0.1, 0.15) is 5.76 Å². The molecule has 0 rings (SSSR count). The lowest BCUT2D eigenvalue weighted by Crippen LogP contribution is -1.99. The van der Waals surface area contributed by atoms with Crippen LogP contribution in [0.3, 0.4) is 0 Å². The lowest BCUT2D eigenvalue weighted by Gasteiger charge is -2.06. The molecule has 0 aliphatic rings. The van der Waals surface area contributed by atoms with E-state index in [1.54, 1.807) is 6.08 Å². The van der Waals surface area contributed by atoms with E-state index in [-0.39, 0.29) is 0 Å². The van der Waals surface area contributed by atoms with Crippen LogP contribution in [0.25, 0.3) is 0 Å². The Labute approximate surface area is 57.0 Å². The maximum Gasteiger partial charge on any atom is 0.111 e. The molecule has 0 amide bonds. The average Bonchev–Trinajstić information content (AvgIpc) is 1.83. The third kappa shape index (κ3) is 5.15. The van der Waals surface area contributed by atoms with Gasteiger partial charge in [0.25, 0.3) is 0 Å². The molecule has 0 bridgehead atoms. The van der Waals surface area contributed by atoms with E-state index in [0.717, 1.165) is 6.61 Å². The largest absolute Gasteiger partial charge is 0.494 e. The molecule has 0 spiro atoms. The van der Waals surface area contributed by atoms with E-state index < -0.39 is 0 Å². The highest BCUT2D eigenvalue weighted by Crippen LogP contribution is 1.98. The van der Waals surface area contributed by atoms with Crippen molar-refractivity contribution >= 4 is 0 Å². The van der Waals surface area contributed by atoms with E-state index in [4.69, 9.17) is 4.74 Å². The smallest absolute Gasteiger partial charge is 0.111 e. The van der Waals surface area contributed by atoms with Crippen molar-refractivity contribution in [2.45, 2.75) is 13.8 Å². The first-order chi connectivity index (χ1) is 4.16. The van der Waals surface area contributed by atoms with Crippen LogP contribution in [0.1, 0.15) is 13.8 Å². The molecule has 9 heavy (non-hydrogen) atoms. The summed E-state index contributed by atoms with van der Waals surface area (Å²) in [5.41, 5.74) is 0. The van der Waals surface area contributed by atoms with Gasteiger partial charge in [0, 0.05) is 0 Å². The predicted octanol–water partition coefficient (Wildman–Crippen LogP) is 2.36. The SMILES string of the molecule is C=CC(=C)OCC(C)C. The molecule has 0 fully saturated rings. The maximum atomic E-state index is 5.14. The van der Waals surface area contributed by atoms with Crippen molar-refractivity contribution in [1.29, 1.82) is 0 Å². The van der Waals surface area contributed by atoms with E-state index in [1.165, 1.54) is 0 Å². The molecule has 0 saturated heterocycles. The Bertz CT molecular complexity index is 103. The van der Waals surface area contributed by atoms with Gasteiger partial charge in [-0.25, -0.2) is 0 Å². The first-order valence-corrected chi connectivity index (χ1v) is 3.11. The molecule has 0 heterocycles. The van der Waals surface area contributed by atoms with Gasteiger partial charge in [-0.1, -0.05) is 27.0 Å². The zero-order valence-corrected chi connectivity index (χ0v) is 6.18. The lowest BCUT2D eigenvalue weighted by molar-refractivity contribution is 0.191. The second kappa shape index (κ2) is 4.19. The number of hydrogen-bond donors (Lipinski definition) is 0. The molecule has 0 aromatic carbocycles. The fourth-order valence-electron chi connectivity index (χ4n) is 0.333. The van der Waals surface area contributed by atoms with E-state index in [1.807, 2.05) is 0 Å². The normalized spacial score (nSPS) is 9.22. The second-order valence-corrected chi connectivity index (χ2v) is 2.38. The van der Waals surface area contributed by atoms with Crippen molar-refractivity contribution in [3.05, 3.63) is 25.0 Å². The highest BCUT2D eigenvalue weighted by atomic mass is 16.5. The zero-order chi connectivity index (χ0) is 7.28. The summed E-state index contributed by atoms with van der Waals surface area (Å²) >= 11 is 0. The highest BCUT2D eigenvalue weighted by molar-refractivity contribution is 5.01. The van der Waals surface area contributed by atoms with E-state index in [9.17, 15) is 0 Å². The molecular formula is C8H14O. The van der Waals surface area contributed by atoms with Gasteiger partial charge in [-0.05, 0) is 12.0 Å². The number of rotatable bonds is 4. The standard InChI is InChI=1S/C8H14O/c1-5-8(4)9-6-7(2)3/h5,7H,1,4,6H2,2-3H3. The van der Waals surface area contributed by atoms with Crippen LogP contribution in [0.2, 0.25) is 0 Å². The molecule has 0 aliphatic heterocycles. The zero-order valence-electron chi connectivity index (χ0n) is 6.18. The Balaban J connectivity index is 3.27. The fraction of sp³-hybridized carbons (Fsp3) is 0.500. The van der Waals surface area contributed by atoms with Crippen LogP contribution in [0.5, 0.6) is 0 Å². The van der Waals surface area contributed by atoms with Crippen molar-refractivity contribution in [2.75, 3.05) is 6.61 Å². The predicted molar refractivity (Wildman–Crippen MR) is 40.1 cm³/mol.